The lowest BCUT2D eigenvalue weighted by Gasteiger charge is -2.19. The predicted octanol–water partition coefficient (Wildman–Crippen LogP) is 13.5. The lowest BCUT2D eigenvalue weighted by molar-refractivity contribution is -0.206. The van der Waals surface area contributed by atoms with E-state index in [4.69, 9.17) is 14.2 Å². The fourth-order valence-corrected chi connectivity index (χ4v) is 7.18. The molecule has 0 bridgehead atoms. The van der Waals surface area contributed by atoms with Crippen molar-refractivity contribution in [2.24, 2.45) is 0 Å². The Morgan fingerprint density at radius 3 is 1.29 bits per heavy atom. The number of esters is 1. The van der Waals surface area contributed by atoms with Gasteiger partial charge in [-0.3, -0.25) is 0 Å². The first-order valence-corrected chi connectivity index (χ1v) is 20.4. The molecule has 2 aliphatic heterocycles. The molecule has 45 heavy (non-hydrogen) atoms. The zero-order valence-electron chi connectivity index (χ0n) is 30.5. The molecule has 2 rings (SSSR count). The molecule has 2 fully saturated rings. The Balaban J connectivity index is 1.42. The summed E-state index contributed by atoms with van der Waals surface area (Å²) < 4.78 is 18.0. The molecule has 0 N–H and O–H groups in total. The van der Waals surface area contributed by atoms with E-state index in [9.17, 15) is 4.79 Å². The Bertz CT molecular complexity index is 733. The Morgan fingerprint density at radius 2 is 0.889 bits per heavy atom. The van der Waals surface area contributed by atoms with Gasteiger partial charge in [-0.2, -0.15) is 0 Å². The van der Waals surface area contributed by atoms with Crippen molar-refractivity contribution in [3.05, 3.63) is 11.6 Å². The highest BCUT2D eigenvalue weighted by atomic mass is 16.8. The first kappa shape index (κ1) is 40.3. The lowest BCUT2D eigenvalue weighted by atomic mass is 10.0. The van der Waals surface area contributed by atoms with E-state index in [0.29, 0.717) is 5.57 Å². The normalized spacial score (nSPS) is 22.0. The quantitative estimate of drug-likeness (QED) is 0.0420. The minimum Gasteiger partial charge on any atom is -0.427 e. The molecule has 0 amide bonds. The van der Waals surface area contributed by atoms with Crippen LogP contribution in [0.4, 0.5) is 0 Å². The van der Waals surface area contributed by atoms with Crippen molar-refractivity contribution in [3.63, 3.8) is 0 Å². The molecule has 0 unspecified atom stereocenters. The zero-order chi connectivity index (χ0) is 32.3. The summed E-state index contributed by atoms with van der Waals surface area (Å²) in [6.07, 6.45) is 44.3. The molecule has 4 heteroatoms. The molecule has 2 aliphatic rings. The van der Waals surface area contributed by atoms with E-state index in [-0.39, 0.29) is 18.4 Å². The average molecular weight is 633 g/mol. The van der Waals surface area contributed by atoms with Crippen LogP contribution in [0.25, 0.3) is 0 Å². The van der Waals surface area contributed by atoms with Gasteiger partial charge in [-0.1, -0.05) is 200 Å². The molecule has 3 atom stereocenters. The van der Waals surface area contributed by atoms with Gasteiger partial charge >= 0.3 is 5.97 Å². The molecule has 0 radical (unpaired) electrons. The first-order valence-electron chi connectivity index (χ1n) is 20.4. The van der Waals surface area contributed by atoms with Gasteiger partial charge in [-0.25, -0.2) is 4.79 Å². The fraction of sp³-hybridized carbons (Fsp3) is 0.927. The summed E-state index contributed by atoms with van der Waals surface area (Å²) in [6.45, 7) is 6.45. The van der Waals surface area contributed by atoms with Crippen molar-refractivity contribution in [1.82, 2.24) is 0 Å². The molecular weight excluding hydrogens is 556 g/mol. The highest BCUT2D eigenvalue weighted by molar-refractivity contribution is 5.92. The highest BCUT2D eigenvalue weighted by Crippen LogP contribution is 2.42. The Kier molecular flexibility index (Phi) is 24.3. The van der Waals surface area contributed by atoms with Crippen LogP contribution in [0.3, 0.4) is 0 Å². The van der Waals surface area contributed by atoms with Crippen LogP contribution in [-0.2, 0) is 19.0 Å². The van der Waals surface area contributed by atoms with Gasteiger partial charge in [0.05, 0.1) is 5.57 Å². The lowest BCUT2D eigenvalue weighted by Crippen LogP contribution is -2.33. The van der Waals surface area contributed by atoms with E-state index in [1.807, 2.05) is 6.92 Å². The monoisotopic (exact) mass is 633 g/mol. The van der Waals surface area contributed by atoms with Crippen molar-refractivity contribution in [2.45, 2.75) is 244 Å². The number of rotatable bonds is 32. The van der Waals surface area contributed by atoms with Gasteiger partial charge in [-0.15, -0.1) is 0 Å². The molecule has 2 saturated heterocycles. The van der Waals surface area contributed by atoms with Crippen molar-refractivity contribution in [1.29, 1.82) is 0 Å². The number of carbonyl (C=O) groups excluding carboxylic acids is 1. The smallest absolute Gasteiger partial charge is 0.339 e. The van der Waals surface area contributed by atoms with Crippen molar-refractivity contribution in [2.75, 3.05) is 0 Å². The molecule has 264 valence electrons. The van der Waals surface area contributed by atoms with Crippen LogP contribution in [0.15, 0.2) is 11.6 Å². The second kappa shape index (κ2) is 27.1. The summed E-state index contributed by atoms with van der Waals surface area (Å²) in [5.74, 6) is -1.20. The molecule has 0 aromatic rings. The van der Waals surface area contributed by atoms with Gasteiger partial charge in [0.25, 0.3) is 0 Å². The predicted molar refractivity (Wildman–Crippen MR) is 191 cm³/mol. The summed E-state index contributed by atoms with van der Waals surface area (Å²) in [5.41, 5.74) is 0.682. The van der Waals surface area contributed by atoms with Crippen molar-refractivity contribution >= 4 is 5.97 Å². The van der Waals surface area contributed by atoms with E-state index < -0.39 is 5.79 Å². The highest BCUT2D eigenvalue weighted by Gasteiger charge is 2.58. The zero-order valence-corrected chi connectivity index (χ0v) is 30.5. The van der Waals surface area contributed by atoms with Gasteiger partial charge in [0.1, 0.15) is 0 Å². The Labute approximate surface area is 280 Å². The number of unbranched alkanes of at least 4 members (excludes halogenated alkanes) is 29. The van der Waals surface area contributed by atoms with Crippen LogP contribution < -0.4 is 0 Å². The molecule has 0 aromatic heterocycles. The van der Waals surface area contributed by atoms with Gasteiger partial charge in [0.15, 0.2) is 12.4 Å². The van der Waals surface area contributed by atoms with Gasteiger partial charge in [-0.05, 0) is 25.7 Å². The van der Waals surface area contributed by atoms with Crippen molar-refractivity contribution in [3.8, 4) is 0 Å². The largest absolute Gasteiger partial charge is 0.427 e. The minimum absolute atomic E-state index is 0.256. The van der Waals surface area contributed by atoms with Gasteiger partial charge in [0.2, 0.25) is 5.79 Å². The summed E-state index contributed by atoms with van der Waals surface area (Å²) in [6, 6.07) is 0. The number of fused-ring (bicyclic) bond motifs is 1. The van der Waals surface area contributed by atoms with Crippen LogP contribution in [0.5, 0.6) is 0 Å². The molecule has 0 spiro atoms. The third-order valence-electron chi connectivity index (χ3n) is 10.2. The SMILES string of the molecule is CCCCCCCCCCCCCCCCC/C=C1\C(=O)O[C@@]2(C)O[C@@H](CCCCCCCCCCCCCCCCC)O[C@H]12. The number of hydrogen-bond donors (Lipinski definition) is 0. The molecular formula is C41H76O4. The molecule has 0 aliphatic carbocycles. The number of carbonyl (C=O) groups is 1. The second-order valence-electron chi connectivity index (χ2n) is 14.6. The standard InChI is InChI=1S/C41H76O4/c1-4-6-8-10-12-14-16-18-20-22-23-25-27-29-31-33-35-37-39-41(3,45-40(37)42)44-38(43-39)36-34-32-30-28-26-24-21-19-17-15-13-11-9-7-5-2/h35,38-39H,4-34,36H2,1-3H3/b37-35-/t38-,39+,41+/m0/s1. The summed E-state index contributed by atoms with van der Waals surface area (Å²) in [4.78, 5) is 12.5. The molecule has 4 nitrogen and oxygen atoms in total. The summed E-state index contributed by atoms with van der Waals surface area (Å²) in [5, 5.41) is 0. The van der Waals surface area contributed by atoms with Crippen LogP contribution in [-0.4, -0.2) is 24.2 Å². The summed E-state index contributed by atoms with van der Waals surface area (Å²) in [7, 11) is 0. The number of allylic oxidation sites excluding steroid dienone is 1. The van der Waals surface area contributed by atoms with E-state index in [1.54, 1.807) is 0 Å². The molecule has 2 heterocycles. The molecule has 0 saturated carbocycles. The van der Waals surface area contributed by atoms with E-state index in [2.05, 4.69) is 19.9 Å². The summed E-state index contributed by atoms with van der Waals surface area (Å²) >= 11 is 0. The first-order chi connectivity index (χ1) is 22.1. The van der Waals surface area contributed by atoms with Crippen LogP contribution in [0.1, 0.15) is 226 Å². The second-order valence-corrected chi connectivity index (χ2v) is 14.6. The maximum absolute atomic E-state index is 12.5. The van der Waals surface area contributed by atoms with E-state index in [0.717, 1.165) is 25.7 Å². The van der Waals surface area contributed by atoms with Crippen LogP contribution >= 0.6 is 0 Å². The maximum Gasteiger partial charge on any atom is 0.339 e. The third kappa shape index (κ3) is 18.9. The fourth-order valence-electron chi connectivity index (χ4n) is 7.18. The van der Waals surface area contributed by atoms with Gasteiger partial charge < -0.3 is 14.2 Å². The third-order valence-corrected chi connectivity index (χ3v) is 10.2. The molecule has 0 aromatic carbocycles. The van der Waals surface area contributed by atoms with Crippen LogP contribution in [0.2, 0.25) is 0 Å². The number of ether oxygens (including phenoxy) is 3. The van der Waals surface area contributed by atoms with Crippen LogP contribution in [0, 0.1) is 0 Å². The van der Waals surface area contributed by atoms with Gasteiger partial charge in [0, 0.05) is 6.92 Å². The number of hydrogen-bond acceptors (Lipinski definition) is 4. The maximum atomic E-state index is 12.5. The Morgan fingerprint density at radius 1 is 0.533 bits per heavy atom. The minimum atomic E-state index is -0.946. The topological polar surface area (TPSA) is 44.8 Å². The van der Waals surface area contributed by atoms with Crippen molar-refractivity contribution < 1.29 is 19.0 Å². The van der Waals surface area contributed by atoms with E-state index in [1.165, 1.54) is 180 Å². The average Bonchev–Trinajstić information content (AvgIpc) is 3.46. The van der Waals surface area contributed by atoms with E-state index >= 15 is 0 Å². The Hall–Kier alpha value is -0.870.